The number of para-hydroxylation sites is 1. The maximum atomic E-state index is 11.4. The van der Waals surface area contributed by atoms with E-state index in [1.807, 2.05) is 12.1 Å². The Morgan fingerprint density at radius 2 is 2.11 bits per heavy atom. The standard InChI is InChI=1S/C12H12N2O4/c1-3-17-12(15)11-14-13-10(18-11)8-6-4-5-7-9(8)16-2/h4-7H,3H2,1-2H3. The second-order valence-electron chi connectivity index (χ2n) is 3.33. The van der Waals surface area contributed by atoms with Crippen molar-refractivity contribution in [3.8, 4) is 17.2 Å². The Kier molecular flexibility index (Phi) is 3.57. The van der Waals surface area contributed by atoms with Gasteiger partial charge in [0.15, 0.2) is 0 Å². The molecule has 6 nitrogen and oxygen atoms in total. The number of carbonyl (C=O) groups excluding carboxylic acids is 1. The van der Waals surface area contributed by atoms with Gasteiger partial charge in [-0.1, -0.05) is 12.1 Å². The number of methoxy groups -OCH3 is 1. The number of aromatic nitrogens is 2. The van der Waals surface area contributed by atoms with Gasteiger partial charge >= 0.3 is 11.9 Å². The number of nitrogens with zero attached hydrogens (tertiary/aromatic N) is 2. The molecule has 0 aliphatic heterocycles. The molecule has 0 bridgehead atoms. The number of hydrogen-bond donors (Lipinski definition) is 0. The van der Waals surface area contributed by atoms with Gasteiger partial charge < -0.3 is 13.9 Å². The lowest BCUT2D eigenvalue weighted by Gasteiger charge is -2.03. The molecule has 2 rings (SSSR count). The zero-order chi connectivity index (χ0) is 13.0. The van der Waals surface area contributed by atoms with Gasteiger partial charge in [0.1, 0.15) is 5.75 Å². The van der Waals surface area contributed by atoms with Gasteiger partial charge in [-0.3, -0.25) is 0 Å². The van der Waals surface area contributed by atoms with Crippen molar-refractivity contribution in [1.82, 2.24) is 10.2 Å². The lowest BCUT2D eigenvalue weighted by Crippen LogP contribution is -2.04. The van der Waals surface area contributed by atoms with Gasteiger partial charge in [0.05, 0.1) is 19.3 Å². The van der Waals surface area contributed by atoms with Crippen LogP contribution in [0.4, 0.5) is 0 Å². The Hall–Kier alpha value is -2.37. The summed E-state index contributed by atoms with van der Waals surface area (Å²) < 4.78 is 15.2. The van der Waals surface area contributed by atoms with Crippen LogP contribution in [0.1, 0.15) is 17.6 Å². The van der Waals surface area contributed by atoms with Crippen LogP contribution in [0, 0.1) is 0 Å². The highest BCUT2D eigenvalue weighted by atomic mass is 16.5. The Morgan fingerprint density at radius 3 is 2.83 bits per heavy atom. The molecule has 18 heavy (non-hydrogen) atoms. The lowest BCUT2D eigenvalue weighted by molar-refractivity contribution is 0.0481. The zero-order valence-electron chi connectivity index (χ0n) is 10.0. The third-order valence-corrected chi connectivity index (χ3v) is 2.21. The van der Waals surface area contributed by atoms with Crippen molar-refractivity contribution in [2.45, 2.75) is 6.92 Å². The molecule has 1 aromatic carbocycles. The van der Waals surface area contributed by atoms with Gasteiger partial charge in [-0.15, -0.1) is 10.2 Å². The summed E-state index contributed by atoms with van der Waals surface area (Å²) in [6, 6.07) is 7.17. The number of rotatable bonds is 4. The van der Waals surface area contributed by atoms with Gasteiger partial charge in [0.2, 0.25) is 0 Å². The molecule has 0 aliphatic rings. The normalized spacial score (nSPS) is 10.1. The minimum absolute atomic E-state index is 0.169. The van der Waals surface area contributed by atoms with E-state index in [4.69, 9.17) is 13.9 Å². The molecule has 0 fully saturated rings. The van der Waals surface area contributed by atoms with E-state index in [0.29, 0.717) is 11.3 Å². The molecule has 0 radical (unpaired) electrons. The average molecular weight is 248 g/mol. The molecule has 0 spiro atoms. The number of ether oxygens (including phenoxy) is 2. The Balaban J connectivity index is 2.32. The van der Waals surface area contributed by atoms with Crippen LogP contribution >= 0.6 is 0 Å². The number of benzene rings is 1. The first kappa shape index (κ1) is 12.1. The van der Waals surface area contributed by atoms with Crippen LogP contribution < -0.4 is 4.74 Å². The number of hydrogen-bond acceptors (Lipinski definition) is 6. The predicted octanol–water partition coefficient (Wildman–Crippen LogP) is 1.92. The van der Waals surface area contributed by atoms with Crippen molar-refractivity contribution < 1.29 is 18.7 Å². The second-order valence-corrected chi connectivity index (χ2v) is 3.33. The van der Waals surface area contributed by atoms with E-state index in [1.54, 1.807) is 26.2 Å². The molecule has 0 amide bonds. The molecule has 0 aliphatic carbocycles. The fourth-order valence-corrected chi connectivity index (χ4v) is 1.43. The lowest BCUT2D eigenvalue weighted by atomic mass is 10.2. The van der Waals surface area contributed by atoms with Gasteiger partial charge in [-0.05, 0) is 19.1 Å². The predicted molar refractivity (Wildman–Crippen MR) is 62.2 cm³/mol. The van der Waals surface area contributed by atoms with Crippen LogP contribution in [-0.4, -0.2) is 29.9 Å². The summed E-state index contributed by atoms with van der Waals surface area (Å²) in [5.74, 6) is 0.0102. The molecule has 1 heterocycles. The molecule has 2 aromatic rings. The first-order valence-electron chi connectivity index (χ1n) is 5.40. The van der Waals surface area contributed by atoms with Gasteiger partial charge in [0.25, 0.3) is 5.89 Å². The minimum Gasteiger partial charge on any atom is -0.496 e. The third kappa shape index (κ3) is 2.32. The van der Waals surface area contributed by atoms with Crippen LogP contribution in [0.5, 0.6) is 5.75 Å². The Bertz CT molecular complexity index is 551. The summed E-state index contributed by atoms with van der Waals surface area (Å²) >= 11 is 0. The van der Waals surface area contributed by atoms with E-state index in [0.717, 1.165) is 0 Å². The van der Waals surface area contributed by atoms with Crippen LogP contribution in [-0.2, 0) is 4.74 Å². The number of carbonyl (C=O) groups is 1. The van der Waals surface area contributed by atoms with Crippen LogP contribution in [0.2, 0.25) is 0 Å². The van der Waals surface area contributed by atoms with Crippen LogP contribution in [0.3, 0.4) is 0 Å². The summed E-state index contributed by atoms with van der Waals surface area (Å²) in [5, 5.41) is 7.44. The summed E-state index contributed by atoms with van der Waals surface area (Å²) in [4.78, 5) is 11.4. The summed E-state index contributed by atoms with van der Waals surface area (Å²) in [6.07, 6.45) is 0. The minimum atomic E-state index is -0.633. The van der Waals surface area contributed by atoms with Crippen molar-refractivity contribution in [3.63, 3.8) is 0 Å². The van der Waals surface area contributed by atoms with Crippen molar-refractivity contribution >= 4 is 5.97 Å². The van der Waals surface area contributed by atoms with Crippen molar-refractivity contribution in [3.05, 3.63) is 30.2 Å². The molecule has 0 saturated carbocycles. The smallest absolute Gasteiger partial charge is 0.396 e. The van der Waals surface area contributed by atoms with E-state index in [-0.39, 0.29) is 18.4 Å². The summed E-state index contributed by atoms with van der Waals surface area (Å²) in [6.45, 7) is 1.96. The first-order valence-corrected chi connectivity index (χ1v) is 5.40. The van der Waals surface area contributed by atoms with E-state index >= 15 is 0 Å². The Labute approximate surface area is 104 Å². The average Bonchev–Trinajstić information content (AvgIpc) is 2.88. The van der Waals surface area contributed by atoms with Gasteiger partial charge in [-0.2, -0.15) is 0 Å². The molecule has 0 atom stereocenters. The molecule has 0 unspecified atom stereocenters. The molecule has 6 heteroatoms. The topological polar surface area (TPSA) is 74.5 Å². The fraction of sp³-hybridized carbons (Fsp3) is 0.250. The summed E-state index contributed by atoms with van der Waals surface area (Å²) in [7, 11) is 1.54. The maximum absolute atomic E-state index is 11.4. The first-order chi connectivity index (χ1) is 8.76. The highest BCUT2D eigenvalue weighted by Crippen LogP contribution is 2.28. The fourth-order valence-electron chi connectivity index (χ4n) is 1.43. The highest BCUT2D eigenvalue weighted by molar-refractivity contribution is 5.84. The third-order valence-electron chi connectivity index (χ3n) is 2.21. The number of esters is 1. The van der Waals surface area contributed by atoms with E-state index in [9.17, 15) is 4.79 Å². The molecular formula is C12H12N2O4. The second kappa shape index (κ2) is 5.31. The van der Waals surface area contributed by atoms with Crippen LogP contribution in [0.25, 0.3) is 11.5 Å². The van der Waals surface area contributed by atoms with Gasteiger partial charge in [0, 0.05) is 0 Å². The maximum Gasteiger partial charge on any atom is 0.396 e. The highest BCUT2D eigenvalue weighted by Gasteiger charge is 2.18. The monoisotopic (exact) mass is 248 g/mol. The van der Waals surface area contributed by atoms with E-state index in [1.165, 1.54) is 0 Å². The molecule has 1 aromatic heterocycles. The van der Waals surface area contributed by atoms with E-state index < -0.39 is 5.97 Å². The van der Waals surface area contributed by atoms with E-state index in [2.05, 4.69) is 10.2 Å². The SMILES string of the molecule is CCOC(=O)c1nnc(-c2ccccc2OC)o1. The Morgan fingerprint density at radius 1 is 1.33 bits per heavy atom. The molecule has 0 N–H and O–H groups in total. The quantitative estimate of drug-likeness (QED) is 0.769. The summed E-state index contributed by atoms with van der Waals surface area (Å²) in [5.41, 5.74) is 0.628. The van der Waals surface area contributed by atoms with Crippen molar-refractivity contribution in [2.24, 2.45) is 0 Å². The van der Waals surface area contributed by atoms with Crippen LogP contribution in [0.15, 0.2) is 28.7 Å². The molecular weight excluding hydrogens is 236 g/mol. The van der Waals surface area contributed by atoms with Gasteiger partial charge in [-0.25, -0.2) is 4.79 Å². The van der Waals surface area contributed by atoms with Crippen molar-refractivity contribution in [2.75, 3.05) is 13.7 Å². The largest absolute Gasteiger partial charge is 0.496 e. The zero-order valence-corrected chi connectivity index (χ0v) is 10.0. The molecule has 94 valence electrons. The van der Waals surface area contributed by atoms with Crippen molar-refractivity contribution in [1.29, 1.82) is 0 Å². The molecule has 0 saturated heterocycles.